The Hall–Kier alpha value is -0.560. The topological polar surface area (TPSA) is 26.0 Å². The molecular formula is C12H21N. The maximum Gasteiger partial charge on any atom is 0.0311 e. The largest absolute Gasteiger partial charge is 0.324 e. The van der Waals surface area contributed by atoms with Crippen molar-refractivity contribution in [3.8, 4) is 0 Å². The number of nitrogens with two attached hydrogens (primary N) is 1. The molecule has 0 aromatic rings. The molecule has 0 aromatic heterocycles. The second-order valence-corrected chi connectivity index (χ2v) is 4.75. The fraction of sp³-hybridized carbons (Fsp3) is 0.667. The van der Waals surface area contributed by atoms with Crippen LogP contribution in [0.4, 0.5) is 0 Å². The Labute approximate surface area is 81.7 Å². The molecule has 0 unspecified atom stereocenters. The highest BCUT2D eigenvalue weighted by Gasteiger charge is 2.27. The zero-order valence-electron chi connectivity index (χ0n) is 9.22. The summed E-state index contributed by atoms with van der Waals surface area (Å²) < 4.78 is 0. The molecule has 0 amide bonds. The number of allylic oxidation sites excluding steroid dienone is 3. The molecule has 1 heteroatoms. The van der Waals surface area contributed by atoms with E-state index in [2.05, 4.69) is 39.8 Å². The van der Waals surface area contributed by atoms with Crippen molar-refractivity contribution in [3.05, 3.63) is 23.3 Å². The van der Waals surface area contributed by atoms with Gasteiger partial charge in [0, 0.05) is 6.04 Å². The Morgan fingerprint density at radius 1 is 1.46 bits per heavy atom. The molecule has 0 spiro atoms. The maximum absolute atomic E-state index is 6.23. The summed E-state index contributed by atoms with van der Waals surface area (Å²) in [6.07, 6.45) is 6.58. The van der Waals surface area contributed by atoms with Crippen LogP contribution in [0.15, 0.2) is 23.3 Å². The van der Waals surface area contributed by atoms with Crippen molar-refractivity contribution in [1.29, 1.82) is 0 Å². The van der Waals surface area contributed by atoms with E-state index >= 15 is 0 Å². The summed E-state index contributed by atoms with van der Waals surface area (Å²) in [6.45, 7) is 8.85. The summed E-state index contributed by atoms with van der Waals surface area (Å²) in [5, 5.41) is 0. The molecular weight excluding hydrogens is 158 g/mol. The Bertz CT molecular complexity index is 246. The summed E-state index contributed by atoms with van der Waals surface area (Å²) in [4.78, 5) is 0. The van der Waals surface area contributed by atoms with Gasteiger partial charge in [-0.2, -0.15) is 0 Å². The average Bonchev–Trinajstić information content (AvgIpc) is 2.50. The Kier molecular flexibility index (Phi) is 2.97. The maximum atomic E-state index is 6.23. The van der Waals surface area contributed by atoms with Gasteiger partial charge in [0.25, 0.3) is 0 Å². The molecule has 0 heterocycles. The van der Waals surface area contributed by atoms with Crippen LogP contribution in [0.5, 0.6) is 0 Å². The first kappa shape index (κ1) is 10.5. The minimum absolute atomic E-state index is 0.214. The molecule has 1 rings (SSSR count). The van der Waals surface area contributed by atoms with Gasteiger partial charge in [-0.3, -0.25) is 0 Å². The highest BCUT2D eigenvalue weighted by atomic mass is 14.7. The van der Waals surface area contributed by atoms with Gasteiger partial charge >= 0.3 is 0 Å². The van der Waals surface area contributed by atoms with E-state index in [4.69, 9.17) is 5.73 Å². The number of rotatable bonds is 3. The van der Waals surface area contributed by atoms with E-state index in [1.54, 1.807) is 0 Å². The smallest absolute Gasteiger partial charge is 0.0311 e. The minimum atomic E-state index is 0.214. The Morgan fingerprint density at radius 3 is 2.46 bits per heavy atom. The third-order valence-electron chi connectivity index (χ3n) is 3.22. The van der Waals surface area contributed by atoms with Gasteiger partial charge < -0.3 is 5.73 Å². The van der Waals surface area contributed by atoms with Crippen LogP contribution in [0, 0.1) is 5.41 Å². The van der Waals surface area contributed by atoms with Crippen molar-refractivity contribution in [2.75, 3.05) is 0 Å². The fourth-order valence-corrected chi connectivity index (χ4v) is 1.62. The second-order valence-electron chi connectivity index (χ2n) is 4.75. The zero-order valence-corrected chi connectivity index (χ0v) is 9.22. The van der Waals surface area contributed by atoms with Gasteiger partial charge in [-0.05, 0) is 30.8 Å². The molecule has 1 aliphatic rings. The normalized spacial score (nSPS) is 19.8. The summed E-state index contributed by atoms with van der Waals surface area (Å²) in [7, 11) is 0. The van der Waals surface area contributed by atoms with Crippen molar-refractivity contribution in [2.45, 2.75) is 46.6 Å². The molecule has 0 aromatic carbocycles. The van der Waals surface area contributed by atoms with Gasteiger partial charge in [0.1, 0.15) is 0 Å². The second kappa shape index (κ2) is 3.67. The third kappa shape index (κ3) is 2.22. The molecule has 0 bridgehead atoms. The van der Waals surface area contributed by atoms with E-state index in [1.165, 1.54) is 11.1 Å². The molecule has 0 radical (unpaired) electrons. The number of hydrogen-bond acceptors (Lipinski definition) is 1. The summed E-state index contributed by atoms with van der Waals surface area (Å²) in [6, 6.07) is 0.214. The quantitative estimate of drug-likeness (QED) is 0.708. The standard InChI is InChI=1S/C12H21N/c1-5-12(3,4)11(13)10-7-6-9(2)8-10/h6-7,11H,5,8,13H2,1-4H3/t11-/m0/s1. The molecule has 74 valence electrons. The van der Waals surface area contributed by atoms with Crippen LogP contribution in [0.1, 0.15) is 40.5 Å². The Balaban J connectivity index is 2.65. The van der Waals surface area contributed by atoms with Gasteiger partial charge in [-0.15, -0.1) is 0 Å². The van der Waals surface area contributed by atoms with Gasteiger partial charge in [0.15, 0.2) is 0 Å². The molecule has 0 fully saturated rings. The number of hydrogen-bond donors (Lipinski definition) is 1. The van der Waals surface area contributed by atoms with Crippen LogP contribution in [-0.2, 0) is 0 Å². The predicted molar refractivity (Wildman–Crippen MR) is 58.5 cm³/mol. The SMILES string of the molecule is CCC(C)(C)[C@@H](N)C1=CC=C(C)C1. The molecule has 1 aliphatic carbocycles. The summed E-state index contributed by atoms with van der Waals surface area (Å²) in [5.41, 5.74) is 9.28. The first-order chi connectivity index (χ1) is 5.97. The summed E-state index contributed by atoms with van der Waals surface area (Å²) in [5.74, 6) is 0. The van der Waals surface area contributed by atoms with Gasteiger partial charge in [0.2, 0.25) is 0 Å². The molecule has 1 nitrogen and oxygen atoms in total. The lowest BCUT2D eigenvalue weighted by Crippen LogP contribution is -2.38. The molecule has 2 N–H and O–H groups in total. The van der Waals surface area contributed by atoms with E-state index < -0.39 is 0 Å². The van der Waals surface area contributed by atoms with Crippen LogP contribution in [0.3, 0.4) is 0 Å². The van der Waals surface area contributed by atoms with E-state index in [-0.39, 0.29) is 11.5 Å². The first-order valence-corrected chi connectivity index (χ1v) is 5.09. The Morgan fingerprint density at radius 2 is 2.08 bits per heavy atom. The molecule has 13 heavy (non-hydrogen) atoms. The molecule has 0 aliphatic heterocycles. The monoisotopic (exact) mass is 179 g/mol. The van der Waals surface area contributed by atoms with Crippen molar-refractivity contribution in [2.24, 2.45) is 11.1 Å². The van der Waals surface area contributed by atoms with E-state index in [1.807, 2.05) is 0 Å². The predicted octanol–water partition coefficient (Wildman–Crippen LogP) is 3.03. The zero-order chi connectivity index (χ0) is 10.1. The van der Waals surface area contributed by atoms with Crippen molar-refractivity contribution in [1.82, 2.24) is 0 Å². The minimum Gasteiger partial charge on any atom is -0.324 e. The van der Waals surface area contributed by atoms with Gasteiger partial charge in [-0.1, -0.05) is 38.5 Å². The fourth-order valence-electron chi connectivity index (χ4n) is 1.62. The molecule has 0 saturated heterocycles. The van der Waals surface area contributed by atoms with Crippen molar-refractivity contribution >= 4 is 0 Å². The van der Waals surface area contributed by atoms with Crippen LogP contribution in [0.25, 0.3) is 0 Å². The van der Waals surface area contributed by atoms with E-state index in [0.29, 0.717) is 0 Å². The lowest BCUT2D eigenvalue weighted by Gasteiger charge is -2.31. The summed E-state index contributed by atoms with van der Waals surface area (Å²) >= 11 is 0. The first-order valence-electron chi connectivity index (χ1n) is 5.09. The van der Waals surface area contributed by atoms with Crippen LogP contribution < -0.4 is 5.73 Å². The third-order valence-corrected chi connectivity index (χ3v) is 3.22. The molecule has 0 saturated carbocycles. The van der Waals surface area contributed by atoms with Crippen LogP contribution >= 0.6 is 0 Å². The van der Waals surface area contributed by atoms with Crippen molar-refractivity contribution in [3.63, 3.8) is 0 Å². The van der Waals surface area contributed by atoms with E-state index in [9.17, 15) is 0 Å². The molecule has 1 atom stereocenters. The van der Waals surface area contributed by atoms with Crippen molar-refractivity contribution < 1.29 is 0 Å². The van der Waals surface area contributed by atoms with Gasteiger partial charge in [0.05, 0.1) is 0 Å². The average molecular weight is 179 g/mol. The van der Waals surface area contributed by atoms with Gasteiger partial charge in [-0.25, -0.2) is 0 Å². The lowest BCUT2D eigenvalue weighted by atomic mass is 9.78. The highest BCUT2D eigenvalue weighted by Crippen LogP contribution is 2.32. The van der Waals surface area contributed by atoms with E-state index in [0.717, 1.165) is 12.8 Å². The van der Waals surface area contributed by atoms with Crippen LogP contribution in [0.2, 0.25) is 0 Å². The van der Waals surface area contributed by atoms with Crippen LogP contribution in [-0.4, -0.2) is 6.04 Å². The lowest BCUT2D eigenvalue weighted by molar-refractivity contribution is 0.300. The highest BCUT2D eigenvalue weighted by molar-refractivity contribution is 5.33.